The van der Waals surface area contributed by atoms with E-state index < -0.39 is 0 Å². The minimum atomic E-state index is 0. The molecule has 8 aromatic rings. The zero-order chi connectivity index (χ0) is 39.7. The molecule has 8 aromatic carbocycles. The van der Waals surface area contributed by atoms with Crippen molar-refractivity contribution in [3.8, 4) is 44.5 Å². The van der Waals surface area contributed by atoms with Crippen molar-refractivity contribution in [2.75, 3.05) is 0 Å². The van der Waals surface area contributed by atoms with Crippen LogP contribution >= 0.6 is 0 Å². The zero-order valence-corrected chi connectivity index (χ0v) is 40.1. The molecule has 0 N–H and O–H groups in total. The second-order valence-corrected chi connectivity index (χ2v) is 26.3. The predicted molar refractivity (Wildman–Crippen MR) is 250 cm³/mol. The van der Waals surface area contributed by atoms with E-state index in [1.807, 2.05) is 0 Å². The Labute approximate surface area is 386 Å². The molecular formula is C56H56Cl2SiZr-2. The van der Waals surface area contributed by atoms with E-state index >= 15 is 0 Å². The summed E-state index contributed by atoms with van der Waals surface area (Å²) in [4.78, 5) is 0. The Morgan fingerprint density at radius 3 is 1.00 bits per heavy atom. The molecule has 0 atom stereocenters. The first-order chi connectivity index (χ1) is 28.5. The Morgan fingerprint density at radius 1 is 0.433 bits per heavy atom. The Balaban J connectivity index is 0.000000179. The molecule has 0 aliphatic heterocycles. The second-order valence-electron chi connectivity index (χ2n) is 16.9. The van der Waals surface area contributed by atoms with E-state index in [1.54, 1.807) is 23.3 Å². The van der Waals surface area contributed by atoms with Gasteiger partial charge in [-0.1, -0.05) is 230 Å². The van der Waals surface area contributed by atoms with Crippen molar-refractivity contribution in [3.05, 3.63) is 181 Å². The van der Waals surface area contributed by atoms with Crippen LogP contribution in [0.25, 0.3) is 66.1 Å². The fourth-order valence-corrected chi connectivity index (χ4v) is 9.53. The minimum absolute atomic E-state index is 0. The molecule has 2 aliphatic carbocycles. The van der Waals surface area contributed by atoms with E-state index in [0.717, 1.165) is 11.8 Å². The zero-order valence-electron chi connectivity index (χ0n) is 35.1. The fourth-order valence-electron chi connectivity index (χ4n) is 9.53. The smallest absolute Gasteiger partial charge is 0.0279 e. The number of benzene rings is 6. The molecule has 0 amide bonds. The summed E-state index contributed by atoms with van der Waals surface area (Å²) in [7, 11) is 0. The van der Waals surface area contributed by atoms with E-state index in [1.165, 1.54) is 141 Å². The molecule has 0 saturated heterocycles. The number of rotatable bonds is 8. The third-order valence-corrected chi connectivity index (χ3v) is 12.2. The van der Waals surface area contributed by atoms with E-state index in [0.29, 0.717) is 0 Å². The standard InChI is InChI=1S/2C27H25.C2H6Si.2ClH.Zr/c2*1-3-11-22(12-4-1)24-15-16-25(23-13-5-2-6-14-23)27-19-21(18-26(24)27)17-20-9-7-8-10-20;1-3-2;;;/h2*1-6,11-16,18-20H,7-10,17H2;1-2H3;2*1H;/q2*-1;;;;+2/p-2. The molecule has 2 saturated carbocycles. The van der Waals surface area contributed by atoms with Crippen molar-refractivity contribution in [1.82, 2.24) is 0 Å². The van der Waals surface area contributed by atoms with E-state index in [2.05, 4.69) is 183 Å². The molecule has 0 unspecified atom stereocenters. The summed E-state index contributed by atoms with van der Waals surface area (Å²) in [5.41, 5.74) is 13.9. The van der Waals surface area contributed by atoms with Gasteiger partial charge in [-0.05, 0) is 35.8 Å². The van der Waals surface area contributed by atoms with Gasteiger partial charge in [0.1, 0.15) is 0 Å². The fraction of sp³-hybridized carbons (Fsp3) is 0.250. The second kappa shape index (κ2) is 22.4. The first-order valence-electron chi connectivity index (χ1n) is 21.7. The van der Waals surface area contributed by atoms with Gasteiger partial charge in [-0.3, -0.25) is 0 Å². The summed E-state index contributed by atoms with van der Waals surface area (Å²) in [6.45, 7) is 4.62. The van der Waals surface area contributed by atoms with Crippen molar-refractivity contribution in [1.29, 1.82) is 0 Å². The molecule has 0 bridgehead atoms. The molecule has 0 aromatic heterocycles. The first-order valence-corrected chi connectivity index (χ1v) is 27.9. The van der Waals surface area contributed by atoms with Gasteiger partial charge in [-0.2, -0.15) is 12.1 Å². The molecule has 2 aliphatic rings. The molecule has 60 heavy (non-hydrogen) atoms. The summed E-state index contributed by atoms with van der Waals surface area (Å²) < 4.78 is 0. The SMILES string of the molecule is C[Si](C)=[Zr+2].[Cl-].[Cl-].c1ccc(-c2ccc(-c3ccccc3)c3[cH-]c(CC4CCCC4)cc23)cc1.c1ccc(-c2ccc(-c3ccccc3)c3[cH-]c(CC4CCCC4)cc23)cc1. The van der Waals surface area contributed by atoms with Crippen molar-refractivity contribution >= 4 is 27.0 Å². The van der Waals surface area contributed by atoms with Crippen molar-refractivity contribution in [2.24, 2.45) is 11.8 Å². The van der Waals surface area contributed by atoms with Crippen LogP contribution in [-0.4, -0.2) is 5.43 Å². The maximum Gasteiger partial charge on any atom is -0.0279 e. The number of hydrogen-bond donors (Lipinski definition) is 0. The van der Waals surface area contributed by atoms with Crippen LogP contribution in [0.5, 0.6) is 0 Å². The summed E-state index contributed by atoms with van der Waals surface area (Å²) >= 11 is 1.74. The average Bonchev–Trinajstić information content (AvgIpc) is 4.11. The molecule has 0 radical (unpaired) electrons. The van der Waals surface area contributed by atoms with Gasteiger partial charge in [-0.25, -0.2) is 0 Å². The van der Waals surface area contributed by atoms with Crippen LogP contribution in [0.2, 0.25) is 13.1 Å². The van der Waals surface area contributed by atoms with Crippen molar-refractivity contribution in [2.45, 2.75) is 77.3 Å². The van der Waals surface area contributed by atoms with Crippen LogP contribution in [0.3, 0.4) is 0 Å². The molecule has 10 rings (SSSR count). The summed E-state index contributed by atoms with van der Waals surface area (Å²) in [6, 6.07) is 62.3. The van der Waals surface area contributed by atoms with Crippen LogP contribution in [0.1, 0.15) is 62.5 Å². The minimum Gasteiger partial charge on any atom is -1.00 e. The monoisotopic (exact) mass is 916 g/mol. The quantitative estimate of drug-likeness (QED) is 0.105. The largest absolute Gasteiger partial charge is 1.00 e. The Kier molecular flexibility index (Phi) is 17.0. The van der Waals surface area contributed by atoms with E-state index in [-0.39, 0.29) is 30.2 Å². The molecular weight excluding hydrogens is 863 g/mol. The van der Waals surface area contributed by atoms with Gasteiger partial charge in [0.15, 0.2) is 0 Å². The van der Waals surface area contributed by atoms with E-state index in [4.69, 9.17) is 0 Å². The van der Waals surface area contributed by atoms with Gasteiger partial charge < -0.3 is 24.8 Å². The molecule has 0 spiro atoms. The van der Waals surface area contributed by atoms with Gasteiger partial charge in [0.05, 0.1) is 0 Å². The van der Waals surface area contributed by atoms with Gasteiger partial charge in [0.2, 0.25) is 0 Å². The molecule has 4 heteroatoms. The Bertz CT molecular complexity index is 2210. The van der Waals surface area contributed by atoms with Gasteiger partial charge in [0.25, 0.3) is 0 Å². The third-order valence-electron chi connectivity index (χ3n) is 12.2. The van der Waals surface area contributed by atoms with Gasteiger partial charge in [-0.15, -0.1) is 44.8 Å². The maximum atomic E-state index is 2.46. The maximum absolute atomic E-state index is 2.46. The van der Waals surface area contributed by atoms with Crippen LogP contribution < -0.4 is 24.8 Å². The summed E-state index contributed by atoms with van der Waals surface area (Å²) in [5.74, 6) is 1.75. The molecule has 304 valence electrons. The van der Waals surface area contributed by atoms with Crippen molar-refractivity contribution < 1.29 is 48.1 Å². The van der Waals surface area contributed by atoms with Crippen LogP contribution in [0.15, 0.2) is 170 Å². The first kappa shape index (κ1) is 45.7. The number of hydrogen-bond acceptors (Lipinski definition) is 0. The number of halogens is 2. The molecule has 2 fully saturated rings. The topological polar surface area (TPSA) is 0 Å². The van der Waals surface area contributed by atoms with Crippen molar-refractivity contribution in [3.63, 3.8) is 0 Å². The van der Waals surface area contributed by atoms with Crippen LogP contribution in [0, 0.1) is 11.8 Å². The van der Waals surface area contributed by atoms with Gasteiger partial charge >= 0.3 is 41.9 Å². The summed E-state index contributed by atoms with van der Waals surface area (Å²) in [6.07, 6.45) is 13.7. The summed E-state index contributed by atoms with van der Waals surface area (Å²) in [5, 5.41) is 5.59. The van der Waals surface area contributed by atoms with Crippen LogP contribution in [-0.2, 0) is 36.2 Å². The normalized spacial score (nSPS) is 13.8. The number of fused-ring (bicyclic) bond motifs is 2. The molecule has 0 nitrogen and oxygen atoms in total. The molecule has 0 heterocycles. The van der Waals surface area contributed by atoms with Crippen LogP contribution in [0.4, 0.5) is 0 Å². The van der Waals surface area contributed by atoms with Gasteiger partial charge in [0, 0.05) is 0 Å². The average molecular weight is 919 g/mol. The predicted octanol–water partition coefficient (Wildman–Crippen LogP) is 10.0. The Morgan fingerprint density at radius 2 is 0.700 bits per heavy atom. The Hall–Kier alpha value is -3.78. The third kappa shape index (κ3) is 11.4. The van der Waals surface area contributed by atoms with E-state index in [9.17, 15) is 0 Å².